The molecule has 0 bridgehead atoms. The van der Waals surface area contributed by atoms with Crippen molar-refractivity contribution in [2.24, 2.45) is 0 Å². The Balaban J connectivity index is 1.76. The molecule has 122 valence electrons. The molecular formula is C20H20N2O2. The molecule has 3 aromatic rings. The summed E-state index contributed by atoms with van der Waals surface area (Å²) < 4.78 is 5.81. The molecule has 0 aliphatic rings. The van der Waals surface area contributed by atoms with E-state index in [2.05, 4.69) is 10.3 Å². The topological polar surface area (TPSA) is 51.2 Å². The van der Waals surface area contributed by atoms with E-state index in [0.29, 0.717) is 5.69 Å². The van der Waals surface area contributed by atoms with Gasteiger partial charge in [-0.2, -0.15) is 0 Å². The standard InChI is InChI=1S/C20H20N2O2/c1-13-9-10-18(14(2)12-13)24-15(3)20(23)22-17-8-4-6-16-7-5-11-21-19(16)17/h4-12,15H,1-3H3,(H,22,23)/t15-/m0/s1. The molecule has 1 heterocycles. The number of amides is 1. The molecule has 0 aliphatic carbocycles. The number of fused-ring (bicyclic) bond motifs is 1. The number of nitrogens with one attached hydrogen (secondary N) is 1. The third-order valence-corrected chi connectivity index (χ3v) is 3.89. The lowest BCUT2D eigenvalue weighted by Crippen LogP contribution is -2.30. The number of hydrogen-bond acceptors (Lipinski definition) is 3. The minimum Gasteiger partial charge on any atom is -0.481 e. The molecule has 3 rings (SSSR count). The molecule has 2 aromatic carbocycles. The van der Waals surface area contributed by atoms with E-state index in [1.165, 1.54) is 5.56 Å². The number of hydrogen-bond donors (Lipinski definition) is 1. The first kappa shape index (κ1) is 16.0. The van der Waals surface area contributed by atoms with Gasteiger partial charge in [-0.05, 0) is 44.5 Å². The van der Waals surface area contributed by atoms with Gasteiger partial charge in [-0.1, -0.05) is 35.9 Å². The van der Waals surface area contributed by atoms with Crippen molar-refractivity contribution in [3.63, 3.8) is 0 Å². The molecule has 0 fully saturated rings. The van der Waals surface area contributed by atoms with Crippen LogP contribution < -0.4 is 10.1 Å². The molecule has 1 amide bonds. The number of aromatic nitrogens is 1. The summed E-state index contributed by atoms with van der Waals surface area (Å²) in [5.41, 5.74) is 3.64. The van der Waals surface area contributed by atoms with Gasteiger partial charge in [-0.15, -0.1) is 0 Å². The van der Waals surface area contributed by atoms with E-state index in [1.807, 2.05) is 62.4 Å². The average Bonchev–Trinajstić information content (AvgIpc) is 2.57. The Labute approximate surface area is 141 Å². The van der Waals surface area contributed by atoms with Crippen LogP contribution in [0.15, 0.2) is 54.7 Å². The number of nitrogens with zero attached hydrogens (tertiary/aromatic N) is 1. The van der Waals surface area contributed by atoms with Crippen LogP contribution in [-0.4, -0.2) is 17.0 Å². The number of para-hydroxylation sites is 1. The van der Waals surface area contributed by atoms with Crippen molar-refractivity contribution in [1.29, 1.82) is 0 Å². The summed E-state index contributed by atoms with van der Waals surface area (Å²) in [4.78, 5) is 16.8. The number of anilines is 1. The Kier molecular flexibility index (Phi) is 4.47. The molecule has 0 saturated heterocycles. The maximum Gasteiger partial charge on any atom is 0.265 e. The highest BCUT2D eigenvalue weighted by molar-refractivity contribution is 6.01. The molecule has 0 spiro atoms. The van der Waals surface area contributed by atoms with E-state index < -0.39 is 6.10 Å². The highest BCUT2D eigenvalue weighted by Gasteiger charge is 2.17. The number of pyridine rings is 1. The lowest BCUT2D eigenvalue weighted by atomic mass is 10.1. The number of benzene rings is 2. The summed E-state index contributed by atoms with van der Waals surface area (Å²) in [5.74, 6) is 0.521. The van der Waals surface area contributed by atoms with Gasteiger partial charge in [0.05, 0.1) is 11.2 Å². The second-order valence-corrected chi connectivity index (χ2v) is 5.90. The van der Waals surface area contributed by atoms with Gasteiger partial charge in [-0.25, -0.2) is 0 Å². The first-order valence-corrected chi connectivity index (χ1v) is 7.93. The van der Waals surface area contributed by atoms with Crippen molar-refractivity contribution in [1.82, 2.24) is 4.98 Å². The van der Waals surface area contributed by atoms with Crippen LogP contribution in [0.2, 0.25) is 0 Å². The fourth-order valence-electron chi connectivity index (χ4n) is 2.61. The van der Waals surface area contributed by atoms with Crippen LogP contribution in [0.25, 0.3) is 10.9 Å². The average molecular weight is 320 g/mol. The van der Waals surface area contributed by atoms with Gasteiger partial charge in [0.25, 0.3) is 5.91 Å². The highest BCUT2D eigenvalue weighted by Crippen LogP contribution is 2.23. The van der Waals surface area contributed by atoms with Crippen LogP contribution in [-0.2, 0) is 4.79 Å². The molecule has 1 atom stereocenters. The summed E-state index contributed by atoms with van der Waals surface area (Å²) in [6.45, 7) is 5.75. The van der Waals surface area contributed by atoms with Gasteiger partial charge >= 0.3 is 0 Å². The number of carbonyl (C=O) groups is 1. The number of ether oxygens (including phenoxy) is 1. The van der Waals surface area contributed by atoms with Crippen LogP contribution in [0, 0.1) is 13.8 Å². The van der Waals surface area contributed by atoms with Gasteiger partial charge in [-0.3, -0.25) is 9.78 Å². The van der Waals surface area contributed by atoms with Gasteiger partial charge in [0.1, 0.15) is 5.75 Å². The molecule has 1 aromatic heterocycles. The van der Waals surface area contributed by atoms with Crippen molar-refractivity contribution >= 4 is 22.5 Å². The zero-order valence-electron chi connectivity index (χ0n) is 14.0. The molecule has 24 heavy (non-hydrogen) atoms. The largest absolute Gasteiger partial charge is 0.481 e. The summed E-state index contributed by atoms with van der Waals surface area (Å²) in [5, 5.41) is 3.89. The Morgan fingerprint density at radius 1 is 1.12 bits per heavy atom. The van der Waals surface area contributed by atoms with Gasteiger partial charge in [0.15, 0.2) is 6.10 Å². The van der Waals surface area contributed by atoms with Crippen LogP contribution >= 0.6 is 0 Å². The van der Waals surface area contributed by atoms with Crippen molar-refractivity contribution < 1.29 is 9.53 Å². The second-order valence-electron chi connectivity index (χ2n) is 5.90. The maximum absolute atomic E-state index is 12.5. The third-order valence-electron chi connectivity index (χ3n) is 3.89. The Hall–Kier alpha value is -2.88. The molecule has 0 unspecified atom stereocenters. The van der Waals surface area contributed by atoms with Crippen molar-refractivity contribution in [2.75, 3.05) is 5.32 Å². The lowest BCUT2D eigenvalue weighted by molar-refractivity contribution is -0.122. The van der Waals surface area contributed by atoms with Crippen molar-refractivity contribution in [3.05, 3.63) is 65.9 Å². The monoisotopic (exact) mass is 320 g/mol. The van der Waals surface area contributed by atoms with E-state index in [4.69, 9.17) is 4.74 Å². The van der Waals surface area contributed by atoms with E-state index in [1.54, 1.807) is 13.1 Å². The number of carbonyl (C=O) groups excluding carboxylic acids is 1. The normalized spacial score (nSPS) is 12.0. The van der Waals surface area contributed by atoms with E-state index >= 15 is 0 Å². The fraction of sp³-hybridized carbons (Fsp3) is 0.200. The second kappa shape index (κ2) is 6.71. The summed E-state index contributed by atoms with van der Waals surface area (Å²) in [6.07, 6.45) is 1.11. The molecule has 4 heteroatoms. The molecule has 1 N–H and O–H groups in total. The minimum absolute atomic E-state index is 0.201. The fourth-order valence-corrected chi connectivity index (χ4v) is 2.61. The molecule has 0 aliphatic heterocycles. The van der Waals surface area contributed by atoms with Crippen molar-refractivity contribution in [2.45, 2.75) is 26.9 Å². The third kappa shape index (κ3) is 3.38. The van der Waals surface area contributed by atoms with Crippen LogP contribution in [0.3, 0.4) is 0 Å². The molecule has 0 saturated carbocycles. The van der Waals surface area contributed by atoms with Crippen LogP contribution in [0.4, 0.5) is 5.69 Å². The number of rotatable bonds is 4. The SMILES string of the molecule is Cc1ccc(O[C@@H](C)C(=O)Nc2cccc3cccnc23)c(C)c1. The van der Waals surface area contributed by atoms with Crippen LogP contribution in [0.1, 0.15) is 18.1 Å². The zero-order chi connectivity index (χ0) is 17.1. The first-order chi connectivity index (χ1) is 11.5. The predicted octanol–water partition coefficient (Wildman–Crippen LogP) is 4.26. The molecule has 0 radical (unpaired) electrons. The van der Waals surface area contributed by atoms with Gasteiger partial charge in [0, 0.05) is 11.6 Å². The van der Waals surface area contributed by atoms with Crippen LogP contribution in [0.5, 0.6) is 5.75 Å². The minimum atomic E-state index is -0.606. The van der Waals surface area contributed by atoms with E-state index in [9.17, 15) is 4.79 Å². The van der Waals surface area contributed by atoms with Crippen molar-refractivity contribution in [3.8, 4) is 5.75 Å². The maximum atomic E-state index is 12.5. The van der Waals surface area contributed by atoms with Gasteiger partial charge in [0.2, 0.25) is 0 Å². The first-order valence-electron chi connectivity index (χ1n) is 7.93. The Morgan fingerprint density at radius 3 is 2.71 bits per heavy atom. The zero-order valence-corrected chi connectivity index (χ0v) is 14.0. The summed E-state index contributed by atoms with van der Waals surface area (Å²) in [7, 11) is 0. The van der Waals surface area contributed by atoms with Gasteiger partial charge < -0.3 is 10.1 Å². The summed E-state index contributed by atoms with van der Waals surface area (Å²) >= 11 is 0. The van der Waals surface area contributed by atoms with E-state index in [0.717, 1.165) is 22.2 Å². The molecule has 4 nitrogen and oxygen atoms in total. The molecular weight excluding hydrogens is 300 g/mol. The van der Waals surface area contributed by atoms with E-state index in [-0.39, 0.29) is 5.91 Å². The smallest absolute Gasteiger partial charge is 0.265 e. The predicted molar refractivity (Wildman–Crippen MR) is 96.4 cm³/mol. The lowest BCUT2D eigenvalue weighted by Gasteiger charge is -2.17. The summed E-state index contributed by atoms with van der Waals surface area (Å²) in [6, 6.07) is 15.5. The Bertz CT molecular complexity index is 884. The highest BCUT2D eigenvalue weighted by atomic mass is 16.5. The quantitative estimate of drug-likeness (QED) is 0.781. The Morgan fingerprint density at radius 2 is 1.92 bits per heavy atom. The number of aryl methyl sites for hydroxylation is 2.